The number of hydrogen-bond acceptors (Lipinski definition) is 6. The predicted octanol–water partition coefficient (Wildman–Crippen LogP) is 3.71. The van der Waals surface area contributed by atoms with Crippen molar-refractivity contribution in [2.75, 3.05) is 52.7 Å². The molecule has 1 amide bonds. The fourth-order valence-corrected chi connectivity index (χ4v) is 5.27. The van der Waals surface area contributed by atoms with Gasteiger partial charge in [-0.15, -0.1) is 11.3 Å². The minimum Gasteiger partial charge on any atom is -0.465 e. The average Bonchev–Trinajstić information content (AvgIpc) is 3.10. The Balaban J connectivity index is 1.68. The maximum Gasteiger partial charge on any atom is 0.341 e. The number of hydrogen-bond donors (Lipinski definition) is 1. The van der Waals surface area contributed by atoms with E-state index in [-0.39, 0.29) is 5.91 Å². The van der Waals surface area contributed by atoms with E-state index in [1.165, 1.54) is 23.3 Å². The third-order valence-corrected chi connectivity index (χ3v) is 7.29. The monoisotopic (exact) mass is 494 g/mol. The normalized spacial score (nSPS) is 14.2. The maximum absolute atomic E-state index is 12.5. The number of thiophene rings is 1. The number of methoxy groups -OCH3 is 1. The first-order chi connectivity index (χ1) is 15.2. The Labute approximate surface area is 202 Å². The summed E-state index contributed by atoms with van der Waals surface area (Å²) >= 11 is 13.1. The molecule has 0 bridgehead atoms. The maximum atomic E-state index is 12.5. The van der Waals surface area contributed by atoms with Gasteiger partial charge in [0.15, 0.2) is 5.11 Å². The summed E-state index contributed by atoms with van der Waals surface area (Å²) in [7, 11) is 4.69. The van der Waals surface area contributed by atoms with Crippen LogP contribution in [0.2, 0.25) is 5.02 Å². The molecule has 0 saturated carbocycles. The number of ether oxygens (including phenoxy) is 1. The second-order valence-electron chi connectivity index (χ2n) is 7.74. The lowest BCUT2D eigenvalue weighted by Crippen LogP contribution is -2.49. The lowest BCUT2D eigenvalue weighted by atomic mass is 10.1. The molecule has 1 aliphatic rings. The number of halogens is 1. The second kappa shape index (κ2) is 10.6. The Bertz CT molecular complexity index is 1020. The van der Waals surface area contributed by atoms with Gasteiger partial charge in [-0.05, 0) is 36.3 Å². The van der Waals surface area contributed by atoms with Crippen molar-refractivity contribution in [2.45, 2.75) is 13.5 Å². The number of rotatable bonds is 5. The SMILES string of the molecule is COC(=O)c1c(NC(=S)N2CCN(Cc3ccccc3Cl)CC2)sc(C(=O)N(C)C)c1C. The zero-order chi connectivity index (χ0) is 23.4. The summed E-state index contributed by atoms with van der Waals surface area (Å²) in [6, 6.07) is 7.87. The minimum atomic E-state index is -0.494. The quantitative estimate of drug-likeness (QED) is 0.502. The van der Waals surface area contributed by atoms with Crippen LogP contribution in [0.1, 0.15) is 31.2 Å². The number of thiocarbonyl (C=S) groups is 1. The van der Waals surface area contributed by atoms with E-state index in [0.717, 1.165) is 43.3 Å². The van der Waals surface area contributed by atoms with E-state index >= 15 is 0 Å². The van der Waals surface area contributed by atoms with Gasteiger partial charge < -0.3 is 19.9 Å². The number of amides is 1. The zero-order valence-electron chi connectivity index (χ0n) is 18.6. The van der Waals surface area contributed by atoms with E-state index in [1.54, 1.807) is 21.0 Å². The number of anilines is 1. The summed E-state index contributed by atoms with van der Waals surface area (Å²) in [5.41, 5.74) is 2.05. The Hall–Kier alpha value is -2.20. The van der Waals surface area contributed by atoms with Crippen molar-refractivity contribution in [3.63, 3.8) is 0 Å². The zero-order valence-corrected chi connectivity index (χ0v) is 21.0. The molecule has 0 radical (unpaired) electrons. The largest absolute Gasteiger partial charge is 0.465 e. The Morgan fingerprint density at radius 2 is 1.88 bits per heavy atom. The summed E-state index contributed by atoms with van der Waals surface area (Å²) in [6.07, 6.45) is 0. The number of esters is 1. The van der Waals surface area contributed by atoms with Crippen LogP contribution in [0, 0.1) is 6.92 Å². The number of carbonyl (C=O) groups excluding carboxylic acids is 2. The first kappa shape index (κ1) is 24.4. The highest BCUT2D eigenvalue weighted by molar-refractivity contribution is 7.80. The smallest absolute Gasteiger partial charge is 0.341 e. The van der Waals surface area contributed by atoms with E-state index in [4.69, 9.17) is 28.6 Å². The number of nitrogens with one attached hydrogen (secondary N) is 1. The molecular formula is C22H27ClN4O3S2. The van der Waals surface area contributed by atoms with Gasteiger partial charge in [-0.25, -0.2) is 4.79 Å². The van der Waals surface area contributed by atoms with Crippen LogP contribution in [0.4, 0.5) is 5.00 Å². The van der Waals surface area contributed by atoms with Crippen LogP contribution in [-0.2, 0) is 11.3 Å². The fourth-order valence-electron chi connectivity index (χ4n) is 3.51. The number of benzene rings is 1. The molecule has 0 spiro atoms. The number of nitrogens with zero attached hydrogens (tertiary/aromatic N) is 3. The standard InChI is InChI=1S/C22H27ClN4O3S2/c1-14-17(21(29)30-4)19(32-18(14)20(28)25(2)3)24-22(31)27-11-9-26(10-12-27)13-15-7-5-6-8-16(15)23/h5-8H,9-13H2,1-4H3,(H,24,31). The summed E-state index contributed by atoms with van der Waals surface area (Å²) < 4.78 is 4.95. The van der Waals surface area contributed by atoms with Crippen LogP contribution in [0.15, 0.2) is 24.3 Å². The first-order valence-corrected chi connectivity index (χ1v) is 11.8. The van der Waals surface area contributed by atoms with Gasteiger partial charge in [-0.1, -0.05) is 29.8 Å². The molecule has 1 aliphatic heterocycles. The average molecular weight is 495 g/mol. The highest BCUT2D eigenvalue weighted by Crippen LogP contribution is 2.34. The topological polar surface area (TPSA) is 65.1 Å². The molecule has 1 N–H and O–H groups in total. The molecule has 2 aromatic rings. The molecule has 32 heavy (non-hydrogen) atoms. The van der Waals surface area contributed by atoms with Crippen LogP contribution in [0.25, 0.3) is 0 Å². The molecule has 0 atom stereocenters. The van der Waals surface area contributed by atoms with Crippen LogP contribution in [0.3, 0.4) is 0 Å². The van der Waals surface area contributed by atoms with Crippen molar-refractivity contribution >= 4 is 57.1 Å². The Morgan fingerprint density at radius 1 is 1.22 bits per heavy atom. The highest BCUT2D eigenvalue weighted by atomic mass is 35.5. The van der Waals surface area contributed by atoms with Gasteiger partial charge in [0.25, 0.3) is 5.91 Å². The summed E-state index contributed by atoms with van der Waals surface area (Å²) in [6.45, 7) is 5.71. The molecule has 3 rings (SSSR count). The van der Waals surface area contributed by atoms with Gasteiger partial charge in [0.05, 0.1) is 17.6 Å². The van der Waals surface area contributed by atoms with Crippen molar-refractivity contribution < 1.29 is 14.3 Å². The highest BCUT2D eigenvalue weighted by Gasteiger charge is 2.28. The molecule has 0 aliphatic carbocycles. The molecule has 1 aromatic carbocycles. The molecule has 10 heteroatoms. The van der Waals surface area contributed by atoms with Crippen molar-refractivity contribution in [3.8, 4) is 0 Å². The molecule has 0 unspecified atom stereocenters. The van der Waals surface area contributed by atoms with E-state index in [9.17, 15) is 9.59 Å². The van der Waals surface area contributed by atoms with E-state index in [2.05, 4.69) is 15.1 Å². The lowest BCUT2D eigenvalue weighted by Gasteiger charge is -2.36. The van der Waals surface area contributed by atoms with Crippen molar-refractivity contribution in [1.29, 1.82) is 0 Å². The van der Waals surface area contributed by atoms with Gasteiger partial charge in [0.2, 0.25) is 0 Å². The Kier molecular flexibility index (Phi) is 8.10. The predicted molar refractivity (Wildman–Crippen MR) is 133 cm³/mol. The van der Waals surface area contributed by atoms with Crippen LogP contribution in [0.5, 0.6) is 0 Å². The molecule has 1 fully saturated rings. The summed E-state index contributed by atoms with van der Waals surface area (Å²) in [5.74, 6) is -0.656. The van der Waals surface area contributed by atoms with Crippen LogP contribution >= 0.6 is 35.2 Å². The first-order valence-electron chi connectivity index (χ1n) is 10.2. The number of piperazine rings is 1. The molecule has 7 nitrogen and oxygen atoms in total. The van der Waals surface area contributed by atoms with E-state index in [0.29, 0.717) is 26.1 Å². The van der Waals surface area contributed by atoms with Gasteiger partial charge in [0.1, 0.15) is 5.00 Å². The summed E-state index contributed by atoms with van der Waals surface area (Å²) in [5, 5.41) is 5.02. The lowest BCUT2D eigenvalue weighted by molar-refractivity contribution is 0.0601. The van der Waals surface area contributed by atoms with Gasteiger partial charge in [-0.3, -0.25) is 9.69 Å². The summed E-state index contributed by atoms with van der Waals surface area (Å²) in [4.78, 5) is 31.3. The van der Waals surface area contributed by atoms with Gasteiger partial charge in [0, 0.05) is 51.8 Å². The third-order valence-electron chi connectivity index (χ3n) is 5.37. The van der Waals surface area contributed by atoms with Crippen molar-refractivity contribution in [1.82, 2.24) is 14.7 Å². The molecule has 1 aromatic heterocycles. The van der Waals surface area contributed by atoms with Gasteiger partial charge >= 0.3 is 5.97 Å². The van der Waals surface area contributed by atoms with E-state index in [1.807, 2.05) is 24.3 Å². The minimum absolute atomic E-state index is 0.162. The van der Waals surface area contributed by atoms with Crippen molar-refractivity contribution in [2.24, 2.45) is 0 Å². The second-order valence-corrected chi connectivity index (χ2v) is 9.55. The molecule has 172 valence electrons. The fraction of sp³-hybridized carbons (Fsp3) is 0.409. The molecular weight excluding hydrogens is 468 g/mol. The molecule has 2 heterocycles. The number of carbonyl (C=O) groups is 2. The van der Waals surface area contributed by atoms with Crippen LogP contribution < -0.4 is 5.32 Å². The van der Waals surface area contributed by atoms with Gasteiger partial charge in [-0.2, -0.15) is 0 Å². The third kappa shape index (κ3) is 5.40. The van der Waals surface area contributed by atoms with Crippen molar-refractivity contribution in [3.05, 3.63) is 50.9 Å². The van der Waals surface area contributed by atoms with E-state index < -0.39 is 5.97 Å². The van der Waals surface area contributed by atoms with Crippen LogP contribution in [-0.4, -0.2) is 79.1 Å². The Morgan fingerprint density at radius 3 is 2.47 bits per heavy atom. The molecule has 1 saturated heterocycles.